The average molecular weight is 468 g/mol. The standard InChI is InChI=1S/C22H20N4O6S/c27-20(23-16-4-2-1-3-5-16)14-25-21(28)19(33-22(25)29)13-15-12-17(26(30)31)6-7-18(15)24-8-10-32-11-9-24/h1-7,12-13H,8-11,14H2,(H,23,27)/b19-13-. The number of non-ortho nitro benzene ring substituents is 1. The van der Waals surface area contributed by atoms with Gasteiger partial charge in [0, 0.05) is 42.2 Å². The minimum Gasteiger partial charge on any atom is -0.378 e. The summed E-state index contributed by atoms with van der Waals surface area (Å²) in [5.41, 5.74) is 1.58. The van der Waals surface area contributed by atoms with Crippen molar-refractivity contribution in [2.45, 2.75) is 0 Å². The number of anilines is 2. The number of benzene rings is 2. The summed E-state index contributed by atoms with van der Waals surface area (Å²) < 4.78 is 5.37. The van der Waals surface area contributed by atoms with Gasteiger partial charge in [-0.05, 0) is 36.0 Å². The van der Waals surface area contributed by atoms with Crippen LogP contribution in [-0.2, 0) is 14.3 Å². The van der Waals surface area contributed by atoms with Gasteiger partial charge in [0.15, 0.2) is 0 Å². The molecule has 0 unspecified atom stereocenters. The molecule has 2 aliphatic rings. The smallest absolute Gasteiger partial charge is 0.294 e. The Hall–Kier alpha value is -3.70. The monoisotopic (exact) mass is 468 g/mol. The quantitative estimate of drug-likeness (QED) is 0.390. The van der Waals surface area contributed by atoms with Gasteiger partial charge in [-0.25, -0.2) is 0 Å². The number of rotatable bonds is 6. The van der Waals surface area contributed by atoms with E-state index in [0.717, 1.165) is 4.90 Å². The van der Waals surface area contributed by atoms with Crippen LogP contribution in [0.5, 0.6) is 0 Å². The topological polar surface area (TPSA) is 122 Å². The Bertz CT molecular complexity index is 1130. The predicted molar refractivity (Wildman–Crippen MR) is 124 cm³/mol. The maximum atomic E-state index is 12.9. The van der Waals surface area contributed by atoms with E-state index in [0.29, 0.717) is 55.0 Å². The molecule has 4 rings (SSSR count). The Morgan fingerprint density at radius 1 is 1.15 bits per heavy atom. The molecule has 0 atom stereocenters. The Labute approximate surface area is 193 Å². The number of nitrogens with one attached hydrogen (secondary N) is 1. The number of amides is 3. The normalized spacial score (nSPS) is 17.5. The van der Waals surface area contributed by atoms with Gasteiger partial charge in [-0.15, -0.1) is 0 Å². The lowest BCUT2D eigenvalue weighted by Gasteiger charge is -2.30. The summed E-state index contributed by atoms with van der Waals surface area (Å²) in [4.78, 5) is 51.4. The number of para-hydroxylation sites is 1. The van der Waals surface area contributed by atoms with Crippen molar-refractivity contribution in [1.29, 1.82) is 0 Å². The SMILES string of the molecule is O=C(CN1C(=O)S/C(=C\c2cc([N+](=O)[O-])ccc2N2CCOCC2)C1=O)Nc1ccccc1. The highest BCUT2D eigenvalue weighted by Crippen LogP contribution is 2.35. The lowest BCUT2D eigenvalue weighted by Crippen LogP contribution is -2.36. The van der Waals surface area contributed by atoms with Crippen LogP contribution in [-0.4, -0.2) is 59.7 Å². The molecule has 0 aliphatic carbocycles. The third-order valence-corrected chi connectivity index (χ3v) is 6.00. The number of nitro benzene ring substituents is 1. The Morgan fingerprint density at radius 2 is 1.88 bits per heavy atom. The van der Waals surface area contributed by atoms with Crippen molar-refractivity contribution < 1.29 is 24.0 Å². The second-order valence-corrected chi connectivity index (χ2v) is 8.27. The van der Waals surface area contributed by atoms with E-state index < -0.39 is 28.5 Å². The number of hydrogen-bond donors (Lipinski definition) is 1. The molecule has 2 fully saturated rings. The first-order valence-electron chi connectivity index (χ1n) is 10.1. The van der Waals surface area contributed by atoms with E-state index in [1.807, 2.05) is 4.90 Å². The van der Waals surface area contributed by atoms with Crippen molar-refractivity contribution in [3.63, 3.8) is 0 Å². The molecule has 0 bridgehead atoms. The molecule has 0 spiro atoms. The molecule has 3 amide bonds. The lowest BCUT2D eigenvalue weighted by atomic mass is 10.1. The molecule has 33 heavy (non-hydrogen) atoms. The number of carbonyl (C=O) groups is 3. The van der Waals surface area contributed by atoms with E-state index in [-0.39, 0.29) is 10.6 Å². The van der Waals surface area contributed by atoms with Gasteiger partial charge in [0.05, 0.1) is 23.0 Å². The zero-order valence-electron chi connectivity index (χ0n) is 17.4. The van der Waals surface area contributed by atoms with Gasteiger partial charge in [0.2, 0.25) is 5.91 Å². The number of thioether (sulfide) groups is 1. The molecule has 11 heteroatoms. The van der Waals surface area contributed by atoms with E-state index in [2.05, 4.69) is 5.32 Å². The van der Waals surface area contributed by atoms with Crippen LogP contribution in [0.15, 0.2) is 53.4 Å². The zero-order valence-corrected chi connectivity index (χ0v) is 18.2. The Balaban J connectivity index is 1.56. The third-order valence-electron chi connectivity index (χ3n) is 5.09. The summed E-state index contributed by atoms with van der Waals surface area (Å²) in [5, 5.41) is 13.4. The molecular formula is C22H20N4O6S. The van der Waals surface area contributed by atoms with E-state index in [1.165, 1.54) is 18.2 Å². The molecular weight excluding hydrogens is 448 g/mol. The number of imide groups is 1. The Morgan fingerprint density at radius 3 is 2.58 bits per heavy atom. The summed E-state index contributed by atoms with van der Waals surface area (Å²) in [6.45, 7) is 1.80. The van der Waals surface area contributed by atoms with Crippen LogP contribution in [0.2, 0.25) is 0 Å². The summed E-state index contributed by atoms with van der Waals surface area (Å²) in [6, 6.07) is 13.1. The van der Waals surface area contributed by atoms with Crippen LogP contribution in [0.25, 0.3) is 6.08 Å². The van der Waals surface area contributed by atoms with Gasteiger partial charge in [-0.3, -0.25) is 29.4 Å². The van der Waals surface area contributed by atoms with Crippen LogP contribution < -0.4 is 10.2 Å². The van der Waals surface area contributed by atoms with Crippen LogP contribution in [0, 0.1) is 10.1 Å². The summed E-state index contributed by atoms with van der Waals surface area (Å²) in [5.74, 6) is -1.12. The van der Waals surface area contributed by atoms with Gasteiger partial charge >= 0.3 is 0 Å². The lowest BCUT2D eigenvalue weighted by molar-refractivity contribution is -0.384. The molecule has 10 nitrogen and oxygen atoms in total. The average Bonchev–Trinajstić information content (AvgIpc) is 3.07. The fraction of sp³-hybridized carbons (Fsp3) is 0.227. The second kappa shape index (κ2) is 9.84. The number of nitrogens with zero attached hydrogens (tertiary/aromatic N) is 3. The number of carbonyl (C=O) groups excluding carboxylic acids is 3. The predicted octanol–water partition coefficient (Wildman–Crippen LogP) is 3.11. The van der Waals surface area contributed by atoms with Crippen LogP contribution in [0.3, 0.4) is 0 Å². The maximum Gasteiger partial charge on any atom is 0.294 e. The number of hydrogen-bond acceptors (Lipinski definition) is 8. The van der Waals surface area contributed by atoms with E-state index in [1.54, 1.807) is 36.4 Å². The number of nitro groups is 1. The van der Waals surface area contributed by atoms with Crippen molar-refractivity contribution in [3.8, 4) is 0 Å². The highest BCUT2D eigenvalue weighted by molar-refractivity contribution is 8.18. The van der Waals surface area contributed by atoms with Crippen molar-refractivity contribution in [1.82, 2.24) is 4.90 Å². The fourth-order valence-corrected chi connectivity index (χ4v) is 4.34. The molecule has 2 aromatic rings. The van der Waals surface area contributed by atoms with Gasteiger partial charge in [-0.1, -0.05) is 18.2 Å². The molecule has 2 saturated heterocycles. The Kier molecular flexibility index (Phi) is 6.71. The summed E-state index contributed by atoms with van der Waals surface area (Å²) >= 11 is 0.700. The zero-order chi connectivity index (χ0) is 23.4. The summed E-state index contributed by atoms with van der Waals surface area (Å²) in [7, 11) is 0. The molecule has 0 aromatic heterocycles. The first-order valence-corrected chi connectivity index (χ1v) is 11.0. The molecule has 0 saturated carbocycles. The fourth-order valence-electron chi connectivity index (χ4n) is 3.51. The van der Waals surface area contributed by atoms with Crippen molar-refractivity contribution in [2.24, 2.45) is 0 Å². The maximum absolute atomic E-state index is 12.9. The largest absolute Gasteiger partial charge is 0.378 e. The summed E-state index contributed by atoms with van der Waals surface area (Å²) in [6.07, 6.45) is 1.47. The number of ether oxygens (including phenoxy) is 1. The van der Waals surface area contributed by atoms with Gasteiger partial charge in [0.25, 0.3) is 16.8 Å². The van der Waals surface area contributed by atoms with Gasteiger partial charge in [0.1, 0.15) is 6.54 Å². The van der Waals surface area contributed by atoms with Gasteiger partial charge < -0.3 is 15.0 Å². The molecule has 2 aromatic carbocycles. The minimum atomic E-state index is -0.618. The minimum absolute atomic E-state index is 0.0996. The first-order chi connectivity index (χ1) is 15.9. The molecule has 170 valence electrons. The van der Waals surface area contributed by atoms with Gasteiger partial charge in [-0.2, -0.15) is 0 Å². The van der Waals surface area contributed by atoms with Crippen LogP contribution in [0.1, 0.15) is 5.56 Å². The molecule has 0 radical (unpaired) electrons. The van der Waals surface area contributed by atoms with Crippen molar-refractivity contribution in [3.05, 3.63) is 69.1 Å². The molecule has 1 N–H and O–H groups in total. The number of morpholine rings is 1. The van der Waals surface area contributed by atoms with Crippen LogP contribution in [0.4, 0.5) is 21.9 Å². The first kappa shape index (κ1) is 22.5. The second-order valence-electron chi connectivity index (χ2n) is 7.28. The highest BCUT2D eigenvalue weighted by Gasteiger charge is 2.36. The highest BCUT2D eigenvalue weighted by atomic mass is 32.2. The van der Waals surface area contributed by atoms with Crippen molar-refractivity contribution in [2.75, 3.05) is 43.1 Å². The third kappa shape index (κ3) is 5.21. The van der Waals surface area contributed by atoms with E-state index in [9.17, 15) is 24.5 Å². The van der Waals surface area contributed by atoms with Crippen molar-refractivity contribution >= 4 is 52.0 Å². The molecule has 2 aliphatic heterocycles. The van der Waals surface area contributed by atoms with Crippen LogP contribution >= 0.6 is 11.8 Å². The van der Waals surface area contributed by atoms with E-state index in [4.69, 9.17) is 4.74 Å². The molecule has 2 heterocycles. The van der Waals surface area contributed by atoms with E-state index >= 15 is 0 Å².